The number of rotatable bonds is 4. The van der Waals surface area contributed by atoms with Gasteiger partial charge in [0.25, 0.3) is 5.69 Å². The molecule has 0 unspecified atom stereocenters. The normalized spacial score (nSPS) is 26.9. The minimum absolute atomic E-state index is 0.0794. The van der Waals surface area contributed by atoms with Gasteiger partial charge in [0.05, 0.1) is 10.5 Å². The molecular weight excluding hydrogens is 244 g/mol. The van der Waals surface area contributed by atoms with Crippen molar-refractivity contribution in [2.24, 2.45) is 5.92 Å². The Labute approximate surface area is 112 Å². The fourth-order valence-electron chi connectivity index (χ4n) is 2.44. The zero-order valence-corrected chi connectivity index (χ0v) is 11.1. The predicted octanol–water partition coefficient (Wildman–Crippen LogP) is 2.95. The molecule has 0 spiro atoms. The Bertz CT molecular complexity index is 437. The molecule has 0 saturated heterocycles. The van der Waals surface area contributed by atoms with Crippen LogP contribution in [0.25, 0.3) is 0 Å². The van der Waals surface area contributed by atoms with Crippen molar-refractivity contribution in [1.29, 1.82) is 0 Å². The lowest BCUT2D eigenvalue weighted by Gasteiger charge is -2.35. The van der Waals surface area contributed by atoms with Crippen LogP contribution in [0, 0.1) is 16.0 Å². The average molecular weight is 264 g/mol. The number of hydrogen-bond donors (Lipinski definition) is 2. The van der Waals surface area contributed by atoms with Crippen LogP contribution in [-0.4, -0.2) is 22.2 Å². The van der Waals surface area contributed by atoms with Crippen LogP contribution in [0.1, 0.15) is 32.6 Å². The van der Waals surface area contributed by atoms with Crippen molar-refractivity contribution < 1.29 is 10.0 Å². The van der Waals surface area contributed by atoms with E-state index < -0.39 is 10.5 Å². The predicted molar refractivity (Wildman–Crippen MR) is 74.2 cm³/mol. The van der Waals surface area contributed by atoms with E-state index in [1.807, 2.05) is 0 Å². The van der Waals surface area contributed by atoms with Crippen molar-refractivity contribution in [3.05, 3.63) is 34.4 Å². The quantitative estimate of drug-likeness (QED) is 0.647. The average Bonchev–Trinajstić information content (AvgIpc) is 2.41. The lowest BCUT2D eigenvalue weighted by Crippen LogP contribution is -2.40. The number of non-ortho nitro benzene ring substituents is 1. The second kappa shape index (κ2) is 5.57. The molecular formula is C14H20N2O3. The zero-order valence-electron chi connectivity index (χ0n) is 11.1. The molecule has 0 aliphatic heterocycles. The van der Waals surface area contributed by atoms with E-state index in [-0.39, 0.29) is 5.69 Å². The highest BCUT2D eigenvalue weighted by Gasteiger charge is 2.31. The molecule has 19 heavy (non-hydrogen) atoms. The summed E-state index contributed by atoms with van der Waals surface area (Å²) in [5.74, 6) is 0.694. The first-order chi connectivity index (χ1) is 8.98. The van der Waals surface area contributed by atoms with Crippen LogP contribution in [0.2, 0.25) is 0 Å². The summed E-state index contributed by atoms with van der Waals surface area (Å²) in [4.78, 5) is 10.1. The molecule has 1 fully saturated rings. The SMILES string of the molecule is CC1CCC(O)(CNc2ccc([N+](=O)[O-])cc2)CC1. The maximum atomic E-state index is 10.5. The minimum atomic E-state index is -0.645. The fraction of sp³-hybridized carbons (Fsp3) is 0.571. The van der Waals surface area contributed by atoms with Gasteiger partial charge in [-0.3, -0.25) is 10.1 Å². The van der Waals surface area contributed by atoms with Crippen LogP contribution in [-0.2, 0) is 0 Å². The van der Waals surface area contributed by atoms with Crippen molar-refractivity contribution >= 4 is 11.4 Å². The summed E-state index contributed by atoms with van der Waals surface area (Å²) in [5, 5.41) is 24.1. The third-order valence-corrected chi connectivity index (χ3v) is 3.90. The molecule has 5 nitrogen and oxygen atoms in total. The number of nitrogens with one attached hydrogen (secondary N) is 1. The van der Waals surface area contributed by atoms with Gasteiger partial charge in [0, 0.05) is 24.4 Å². The van der Waals surface area contributed by atoms with Crippen LogP contribution < -0.4 is 5.32 Å². The molecule has 0 bridgehead atoms. The molecule has 0 radical (unpaired) electrons. The summed E-state index contributed by atoms with van der Waals surface area (Å²) in [7, 11) is 0. The summed E-state index contributed by atoms with van der Waals surface area (Å²) in [5.41, 5.74) is 0.238. The van der Waals surface area contributed by atoms with Crippen molar-refractivity contribution in [1.82, 2.24) is 0 Å². The van der Waals surface area contributed by atoms with Gasteiger partial charge in [-0.2, -0.15) is 0 Å². The molecule has 5 heteroatoms. The molecule has 104 valence electrons. The Morgan fingerprint density at radius 3 is 2.47 bits per heavy atom. The Kier molecular flexibility index (Phi) is 4.04. The number of anilines is 1. The largest absolute Gasteiger partial charge is 0.388 e. The monoisotopic (exact) mass is 264 g/mol. The number of hydrogen-bond acceptors (Lipinski definition) is 4. The topological polar surface area (TPSA) is 75.4 Å². The molecule has 2 N–H and O–H groups in total. The molecule has 2 rings (SSSR count). The van der Waals surface area contributed by atoms with Gasteiger partial charge in [0.1, 0.15) is 0 Å². The molecule has 0 aromatic heterocycles. The first-order valence-electron chi connectivity index (χ1n) is 6.69. The zero-order chi connectivity index (χ0) is 13.9. The molecule has 0 heterocycles. The standard InChI is InChI=1S/C14H20N2O3/c1-11-6-8-14(17,9-7-11)10-15-12-2-4-13(5-3-12)16(18)19/h2-5,11,15,17H,6-10H2,1H3. The smallest absolute Gasteiger partial charge is 0.269 e. The summed E-state index contributed by atoms with van der Waals surface area (Å²) >= 11 is 0. The van der Waals surface area contributed by atoms with Crippen molar-refractivity contribution in [3.63, 3.8) is 0 Å². The summed E-state index contributed by atoms with van der Waals surface area (Å²) in [6, 6.07) is 6.28. The van der Waals surface area contributed by atoms with Gasteiger partial charge in [0.15, 0.2) is 0 Å². The third kappa shape index (κ3) is 3.67. The lowest BCUT2D eigenvalue weighted by molar-refractivity contribution is -0.384. The third-order valence-electron chi connectivity index (χ3n) is 3.90. The van der Waals surface area contributed by atoms with E-state index in [4.69, 9.17) is 0 Å². The van der Waals surface area contributed by atoms with Gasteiger partial charge in [-0.05, 0) is 43.7 Å². The van der Waals surface area contributed by atoms with Crippen molar-refractivity contribution in [2.75, 3.05) is 11.9 Å². The van der Waals surface area contributed by atoms with E-state index in [1.165, 1.54) is 12.1 Å². The fourth-order valence-corrected chi connectivity index (χ4v) is 2.44. The Morgan fingerprint density at radius 1 is 1.37 bits per heavy atom. The van der Waals surface area contributed by atoms with Gasteiger partial charge in [0.2, 0.25) is 0 Å². The van der Waals surface area contributed by atoms with Crippen molar-refractivity contribution in [2.45, 2.75) is 38.2 Å². The summed E-state index contributed by atoms with van der Waals surface area (Å²) in [6.07, 6.45) is 3.74. The van der Waals surface area contributed by atoms with Crippen LogP contribution in [0.15, 0.2) is 24.3 Å². The molecule has 0 atom stereocenters. The number of aliphatic hydroxyl groups is 1. The Balaban J connectivity index is 1.89. The highest BCUT2D eigenvalue weighted by atomic mass is 16.6. The van der Waals surface area contributed by atoms with E-state index in [1.54, 1.807) is 12.1 Å². The van der Waals surface area contributed by atoms with Crippen LogP contribution in [0.4, 0.5) is 11.4 Å². The number of nitro benzene ring substituents is 1. The number of nitro groups is 1. The second-order valence-electron chi connectivity index (χ2n) is 5.56. The molecule has 1 aromatic carbocycles. The van der Waals surface area contributed by atoms with Gasteiger partial charge in [-0.1, -0.05) is 6.92 Å². The summed E-state index contributed by atoms with van der Waals surface area (Å²) in [6.45, 7) is 2.71. The number of nitrogens with zero attached hydrogens (tertiary/aromatic N) is 1. The maximum Gasteiger partial charge on any atom is 0.269 e. The summed E-state index contributed by atoms with van der Waals surface area (Å²) < 4.78 is 0. The van der Waals surface area contributed by atoms with Crippen LogP contribution in [0.5, 0.6) is 0 Å². The lowest BCUT2D eigenvalue weighted by atomic mass is 9.79. The first kappa shape index (κ1) is 13.8. The second-order valence-corrected chi connectivity index (χ2v) is 5.56. The van der Waals surface area contributed by atoms with E-state index in [0.717, 1.165) is 31.4 Å². The van der Waals surface area contributed by atoms with E-state index >= 15 is 0 Å². The minimum Gasteiger partial charge on any atom is -0.388 e. The molecule has 1 aliphatic carbocycles. The molecule has 1 saturated carbocycles. The van der Waals surface area contributed by atoms with Gasteiger partial charge in [-0.15, -0.1) is 0 Å². The Morgan fingerprint density at radius 2 is 1.95 bits per heavy atom. The Hall–Kier alpha value is -1.62. The van der Waals surface area contributed by atoms with Crippen molar-refractivity contribution in [3.8, 4) is 0 Å². The number of benzene rings is 1. The first-order valence-corrected chi connectivity index (χ1v) is 6.69. The van der Waals surface area contributed by atoms with Crippen LogP contribution >= 0.6 is 0 Å². The van der Waals surface area contributed by atoms with Gasteiger partial charge >= 0.3 is 0 Å². The van der Waals surface area contributed by atoms with Gasteiger partial charge in [-0.25, -0.2) is 0 Å². The van der Waals surface area contributed by atoms with E-state index in [9.17, 15) is 15.2 Å². The highest BCUT2D eigenvalue weighted by molar-refractivity contribution is 5.48. The van der Waals surface area contributed by atoms with Gasteiger partial charge < -0.3 is 10.4 Å². The van der Waals surface area contributed by atoms with E-state index in [2.05, 4.69) is 12.2 Å². The maximum absolute atomic E-state index is 10.5. The molecule has 1 aromatic rings. The van der Waals surface area contributed by atoms with E-state index in [0.29, 0.717) is 12.5 Å². The molecule has 1 aliphatic rings. The molecule has 0 amide bonds. The van der Waals surface area contributed by atoms with Crippen LogP contribution in [0.3, 0.4) is 0 Å². The highest BCUT2D eigenvalue weighted by Crippen LogP contribution is 2.32.